The fraction of sp³-hybridized carbons (Fsp3) is 0.333. The summed E-state index contributed by atoms with van der Waals surface area (Å²) in [5.74, 6) is -2.18. The second-order valence-electron chi connectivity index (χ2n) is 5.84. The van der Waals surface area contributed by atoms with Crippen LogP contribution in [0.25, 0.3) is 0 Å². The van der Waals surface area contributed by atoms with Crippen LogP contribution in [-0.2, 0) is 23.1 Å². The van der Waals surface area contributed by atoms with Gasteiger partial charge in [0.2, 0.25) is 5.91 Å². The lowest BCUT2D eigenvalue weighted by Gasteiger charge is -2.14. The number of aromatic nitrogens is 2. The van der Waals surface area contributed by atoms with Crippen molar-refractivity contribution in [2.45, 2.75) is 19.8 Å². The predicted molar refractivity (Wildman–Crippen MR) is 97.0 cm³/mol. The second-order valence-corrected chi connectivity index (χ2v) is 6.25. The van der Waals surface area contributed by atoms with Crippen molar-refractivity contribution in [1.82, 2.24) is 9.78 Å². The van der Waals surface area contributed by atoms with Crippen molar-refractivity contribution < 1.29 is 14.3 Å². The fourth-order valence-electron chi connectivity index (χ4n) is 2.42. The van der Waals surface area contributed by atoms with Gasteiger partial charge in [-0.25, -0.2) is 0 Å². The summed E-state index contributed by atoms with van der Waals surface area (Å²) < 4.78 is 6.82. The maximum atomic E-state index is 12.4. The summed E-state index contributed by atoms with van der Waals surface area (Å²) in [5.41, 5.74) is 1.96. The molecular formula is C18H19ClN4O3. The first-order valence-electron chi connectivity index (χ1n) is 7.90. The number of aryl methyl sites for hydroxylation is 3. The van der Waals surface area contributed by atoms with Crippen molar-refractivity contribution >= 4 is 29.0 Å². The van der Waals surface area contributed by atoms with Crippen LogP contribution in [0, 0.1) is 24.2 Å². The Hall–Kier alpha value is -2.85. The molecule has 2 aromatic rings. The average molecular weight is 375 g/mol. The molecule has 1 N–H and O–H groups in total. The van der Waals surface area contributed by atoms with E-state index in [0.717, 1.165) is 11.1 Å². The van der Waals surface area contributed by atoms with E-state index in [1.54, 1.807) is 49.2 Å². The van der Waals surface area contributed by atoms with Crippen LogP contribution in [0.3, 0.4) is 0 Å². The molecular weight excluding hydrogens is 356 g/mol. The van der Waals surface area contributed by atoms with Crippen LogP contribution in [0.1, 0.15) is 17.5 Å². The minimum Gasteiger partial charge on any atom is -0.495 e. The highest BCUT2D eigenvalue weighted by Crippen LogP contribution is 2.31. The fourth-order valence-corrected chi connectivity index (χ4v) is 2.58. The number of ketones is 1. The van der Waals surface area contributed by atoms with Crippen LogP contribution < -0.4 is 10.1 Å². The number of ether oxygens (including phenoxy) is 1. The topological polar surface area (TPSA) is 97.0 Å². The highest BCUT2D eigenvalue weighted by Gasteiger charge is 2.27. The Morgan fingerprint density at radius 2 is 2.19 bits per heavy atom. The van der Waals surface area contributed by atoms with E-state index in [2.05, 4.69) is 10.4 Å². The Labute approximate surface area is 156 Å². The first-order chi connectivity index (χ1) is 12.3. The summed E-state index contributed by atoms with van der Waals surface area (Å²) in [6.07, 6.45) is 3.93. The molecule has 26 heavy (non-hydrogen) atoms. The molecule has 1 aromatic heterocycles. The number of methoxy groups -OCH3 is 1. The SMILES string of the molecule is COc1cc(Cl)c(C)cc1NC(=O)C(C#N)C(=O)CCc1cnn(C)c1. The number of halogens is 1. The minimum absolute atomic E-state index is 0.0775. The van der Waals surface area contributed by atoms with E-state index in [1.807, 2.05) is 0 Å². The van der Waals surface area contributed by atoms with E-state index in [1.165, 1.54) is 7.11 Å². The molecule has 136 valence electrons. The molecule has 0 radical (unpaired) electrons. The molecule has 1 amide bonds. The van der Waals surface area contributed by atoms with E-state index in [4.69, 9.17) is 16.3 Å². The summed E-state index contributed by atoms with van der Waals surface area (Å²) >= 11 is 6.04. The van der Waals surface area contributed by atoms with Crippen molar-refractivity contribution in [2.24, 2.45) is 13.0 Å². The van der Waals surface area contributed by atoms with Crippen molar-refractivity contribution in [3.63, 3.8) is 0 Å². The molecule has 1 unspecified atom stereocenters. The number of anilines is 1. The van der Waals surface area contributed by atoms with E-state index in [-0.39, 0.29) is 6.42 Å². The molecule has 0 aliphatic heterocycles. The quantitative estimate of drug-likeness (QED) is 0.751. The van der Waals surface area contributed by atoms with E-state index >= 15 is 0 Å². The summed E-state index contributed by atoms with van der Waals surface area (Å²) in [6.45, 7) is 1.78. The first-order valence-corrected chi connectivity index (χ1v) is 8.28. The van der Waals surface area contributed by atoms with Crippen molar-refractivity contribution in [2.75, 3.05) is 12.4 Å². The number of carbonyl (C=O) groups is 2. The molecule has 1 aromatic carbocycles. The van der Waals surface area contributed by atoms with Crippen molar-refractivity contribution in [1.29, 1.82) is 5.26 Å². The summed E-state index contributed by atoms with van der Waals surface area (Å²) in [5, 5.41) is 16.4. The number of hydrogen-bond donors (Lipinski definition) is 1. The Kier molecular flexibility index (Phi) is 6.36. The Morgan fingerprint density at radius 1 is 1.46 bits per heavy atom. The molecule has 1 atom stereocenters. The van der Waals surface area contributed by atoms with Crippen molar-refractivity contribution in [3.8, 4) is 11.8 Å². The zero-order valence-corrected chi connectivity index (χ0v) is 15.5. The lowest BCUT2D eigenvalue weighted by atomic mass is 9.99. The lowest BCUT2D eigenvalue weighted by Crippen LogP contribution is -2.29. The summed E-state index contributed by atoms with van der Waals surface area (Å²) in [6, 6.07) is 4.98. The zero-order chi connectivity index (χ0) is 19.3. The van der Waals surface area contributed by atoms with Gasteiger partial charge in [0, 0.05) is 30.8 Å². The molecule has 8 heteroatoms. The van der Waals surface area contributed by atoms with Crippen LogP contribution >= 0.6 is 11.6 Å². The van der Waals surface area contributed by atoms with Crippen LogP contribution in [0.5, 0.6) is 5.75 Å². The molecule has 0 saturated heterocycles. The second kappa shape index (κ2) is 8.50. The number of nitrogens with one attached hydrogen (secondary N) is 1. The van der Waals surface area contributed by atoms with Gasteiger partial charge in [-0.3, -0.25) is 14.3 Å². The maximum Gasteiger partial charge on any atom is 0.249 e. The van der Waals surface area contributed by atoms with Crippen molar-refractivity contribution in [3.05, 3.63) is 40.7 Å². The third-order valence-corrected chi connectivity index (χ3v) is 4.28. The number of carbonyl (C=O) groups excluding carboxylic acids is 2. The largest absolute Gasteiger partial charge is 0.495 e. The van der Waals surface area contributed by atoms with Gasteiger partial charge >= 0.3 is 0 Å². The zero-order valence-electron chi connectivity index (χ0n) is 14.7. The normalized spacial score (nSPS) is 11.5. The Balaban J connectivity index is 2.07. The van der Waals surface area contributed by atoms with Gasteiger partial charge in [-0.15, -0.1) is 0 Å². The van der Waals surface area contributed by atoms with Gasteiger partial charge in [-0.1, -0.05) is 11.6 Å². The molecule has 0 spiro atoms. The highest BCUT2D eigenvalue weighted by molar-refractivity contribution is 6.31. The standard InChI is InChI=1S/C18H19ClN4O3/c1-11-6-15(17(26-3)7-14(11)19)22-18(25)13(8-20)16(24)5-4-12-9-21-23(2)10-12/h6-7,9-10,13H,4-5H2,1-3H3,(H,22,25). The number of Topliss-reactive ketones (excluding diaryl/α,β-unsaturated/α-hetero) is 1. The maximum absolute atomic E-state index is 12.4. The number of benzene rings is 1. The third kappa shape index (κ3) is 4.61. The molecule has 0 fully saturated rings. The molecule has 1 heterocycles. The Morgan fingerprint density at radius 3 is 2.77 bits per heavy atom. The number of hydrogen-bond acceptors (Lipinski definition) is 5. The van der Waals surface area contributed by atoms with Gasteiger partial charge in [0.05, 0.1) is 25.1 Å². The summed E-state index contributed by atoms with van der Waals surface area (Å²) in [7, 11) is 3.22. The predicted octanol–water partition coefficient (Wildman–Crippen LogP) is 2.67. The van der Waals surface area contributed by atoms with Gasteiger partial charge in [-0.2, -0.15) is 10.4 Å². The lowest BCUT2D eigenvalue weighted by molar-refractivity contribution is -0.128. The minimum atomic E-state index is -1.40. The van der Waals surface area contributed by atoms with E-state index in [0.29, 0.717) is 22.9 Å². The number of nitriles is 1. The summed E-state index contributed by atoms with van der Waals surface area (Å²) in [4.78, 5) is 24.7. The number of rotatable bonds is 7. The van der Waals surface area contributed by atoms with Crippen LogP contribution in [-0.4, -0.2) is 28.6 Å². The molecule has 0 aliphatic carbocycles. The van der Waals surface area contributed by atoms with Crippen LogP contribution in [0.2, 0.25) is 5.02 Å². The number of amides is 1. The van der Waals surface area contributed by atoms with Gasteiger partial charge in [0.25, 0.3) is 0 Å². The van der Waals surface area contributed by atoms with Crippen LogP contribution in [0.4, 0.5) is 5.69 Å². The first kappa shape index (κ1) is 19.5. The number of nitrogens with zero attached hydrogens (tertiary/aromatic N) is 3. The monoisotopic (exact) mass is 374 g/mol. The van der Waals surface area contributed by atoms with Gasteiger partial charge in [0.1, 0.15) is 5.75 Å². The van der Waals surface area contributed by atoms with Gasteiger partial charge in [-0.05, 0) is 30.5 Å². The highest BCUT2D eigenvalue weighted by atomic mass is 35.5. The Bertz CT molecular complexity index is 870. The molecule has 7 nitrogen and oxygen atoms in total. The molecule has 0 bridgehead atoms. The van der Waals surface area contributed by atoms with Gasteiger partial charge < -0.3 is 10.1 Å². The smallest absolute Gasteiger partial charge is 0.249 e. The molecule has 0 saturated carbocycles. The van der Waals surface area contributed by atoms with E-state index < -0.39 is 17.6 Å². The molecule has 0 aliphatic rings. The van der Waals surface area contributed by atoms with Gasteiger partial charge in [0.15, 0.2) is 11.7 Å². The average Bonchev–Trinajstić information content (AvgIpc) is 3.02. The van der Waals surface area contributed by atoms with Crippen LogP contribution in [0.15, 0.2) is 24.5 Å². The third-order valence-electron chi connectivity index (χ3n) is 3.87. The van der Waals surface area contributed by atoms with E-state index in [9.17, 15) is 14.9 Å². The molecule has 2 rings (SSSR count).